The Labute approximate surface area is 146 Å². The molecule has 0 fully saturated rings. The third-order valence-corrected chi connectivity index (χ3v) is 3.66. The molecule has 1 N–H and O–H groups in total. The maximum Gasteiger partial charge on any atom is 0.243 e. The lowest BCUT2D eigenvalue weighted by Crippen LogP contribution is -2.35. The third kappa shape index (κ3) is 7.68. The van der Waals surface area contributed by atoms with Crippen LogP contribution in [-0.4, -0.2) is 43.5 Å². The SMILES string of the molecule is CC(C)COCCC(=O)N(C)CC(=O)Nc1ccc(Cl)c(Cl)c1. The van der Waals surface area contributed by atoms with Crippen molar-refractivity contribution in [2.24, 2.45) is 5.92 Å². The van der Waals surface area contributed by atoms with Crippen LogP contribution < -0.4 is 5.32 Å². The first-order valence-electron chi connectivity index (χ1n) is 7.36. The molecule has 2 amide bonds. The Balaban J connectivity index is 2.37. The van der Waals surface area contributed by atoms with Crippen molar-refractivity contribution >= 4 is 40.7 Å². The van der Waals surface area contributed by atoms with E-state index in [1.54, 1.807) is 25.2 Å². The highest BCUT2D eigenvalue weighted by Crippen LogP contribution is 2.24. The van der Waals surface area contributed by atoms with Crippen molar-refractivity contribution in [1.29, 1.82) is 0 Å². The predicted octanol–water partition coefficient (Wildman–Crippen LogP) is 3.45. The van der Waals surface area contributed by atoms with Crippen LogP contribution in [0.25, 0.3) is 0 Å². The first-order valence-corrected chi connectivity index (χ1v) is 8.11. The fraction of sp³-hybridized carbons (Fsp3) is 0.500. The minimum atomic E-state index is -0.303. The molecule has 7 heteroatoms. The van der Waals surface area contributed by atoms with Gasteiger partial charge in [-0.15, -0.1) is 0 Å². The summed E-state index contributed by atoms with van der Waals surface area (Å²) in [5.41, 5.74) is 0.533. The number of hydrogen-bond acceptors (Lipinski definition) is 3. The Morgan fingerprint density at radius 1 is 1.26 bits per heavy atom. The minimum absolute atomic E-state index is 0.0384. The van der Waals surface area contributed by atoms with E-state index in [0.717, 1.165) is 0 Å². The molecule has 0 saturated carbocycles. The lowest BCUT2D eigenvalue weighted by Gasteiger charge is -2.17. The van der Waals surface area contributed by atoms with Crippen molar-refractivity contribution in [1.82, 2.24) is 4.90 Å². The molecular weight excluding hydrogens is 339 g/mol. The van der Waals surface area contributed by atoms with Gasteiger partial charge in [-0.1, -0.05) is 37.0 Å². The van der Waals surface area contributed by atoms with Gasteiger partial charge >= 0.3 is 0 Å². The first-order chi connectivity index (χ1) is 10.8. The van der Waals surface area contributed by atoms with Crippen LogP contribution in [0.4, 0.5) is 5.69 Å². The van der Waals surface area contributed by atoms with Crippen LogP contribution in [-0.2, 0) is 14.3 Å². The summed E-state index contributed by atoms with van der Waals surface area (Å²) in [6.45, 7) is 5.02. The highest BCUT2D eigenvalue weighted by molar-refractivity contribution is 6.42. The van der Waals surface area contributed by atoms with Gasteiger partial charge in [-0.25, -0.2) is 0 Å². The first kappa shape index (κ1) is 19.7. The van der Waals surface area contributed by atoms with Crippen LogP contribution in [0.5, 0.6) is 0 Å². The summed E-state index contributed by atoms with van der Waals surface area (Å²) >= 11 is 11.7. The number of carbonyl (C=O) groups is 2. The van der Waals surface area contributed by atoms with E-state index < -0.39 is 0 Å². The molecule has 128 valence electrons. The Bertz CT molecular complexity index is 550. The Morgan fingerprint density at radius 2 is 1.96 bits per heavy atom. The Hall–Kier alpha value is -1.30. The Morgan fingerprint density at radius 3 is 2.57 bits per heavy atom. The average Bonchev–Trinajstić information content (AvgIpc) is 2.46. The molecule has 1 rings (SSSR count). The lowest BCUT2D eigenvalue weighted by atomic mass is 10.2. The molecular formula is C16H22Cl2N2O3. The lowest BCUT2D eigenvalue weighted by molar-refractivity contribution is -0.134. The van der Waals surface area contributed by atoms with E-state index in [2.05, 4.69) is 5.32 Å². The number of carbonyl (C=O) groups excluding carboxylic acids is 2. The molecule has 0 saturated heterocycles. The van der Waals surface area contributed by atoms with Crippen LogP contribution in [0, 0.1) is 5.92 Å². The van der Waals surface area contributed by atoms with Crippen LogP contribution in [0.2, 0.25) is 10.0 Å². The highest BCUT2D eigenvalue weighted by Gasteiger charge is 2.13. The number of likely N-dealkylation sites (N-methyl/N-ethyl adjacent to an activating group) is 1. The molecule has 0 aliphatic heterocycles. The zero-order valence-electron chi connectivity index (χ0n) is 13.6. The number of halogens is 2. The standard InChI is InChI=1S/C16H22Cl2N2O3/c1-11(2)10-23-7-6-16(22)20(3)9-15(21)19-12-4-5-13(17)14(18)8-12/h4-5,8,11H,6-7,9-10H2,1-3H3,(H,19,21). The number of rotatable bonds is 8. The smallest absolute Gasteiger partial charge is 0.243 e. The van der Waals surface area contributed by atoms with Gasteiger partial charge < -0.3 is 15.0 Å². The summed E-state index contributed by atoms with van der Waals surface area (Å²) < 4.78 is 5.37. The van der Waals surface area contributed by atoms with E-state index >= 15 is 0 Å². The Kier molecular flexibility index (Phi) is 8.37. The van der Waals surface area contributed by atoms with E-state index in [9.17, 15) is 9.59 Å². The van der Waals surface area contributed by atoms with E-state index in [0.29, 0.717) is 34.9 Å². The minimum Gasteiger partial charge on any atom is -0.381 e. The molecule has 0 bridgehead atoms. The van der Waals surface area contributed by atoms with Crippen LogP contribution in [0.3, 0.4) is 0 Å². The van der Waals surface area contributed by atoms with Gasteiger partial charge in [-0.05, 0) is 24.1 Å². The summed E-state index contributed by atoms with van der Waals surface area (Å²) in [6, 6.07) is 4.80. The maximum atomic E-state index is 11.9. The number of benzene rings is 1. The van der Waals surface area contributed by atoms with Crippen LogP contribution >= 0.6 is 23.2 Å². The van der Waals surface area contributed by atoms with Crippen molar-refractivity contribution in [2.45, 2.75) is 20.3 Å². The topological polar surface area (TPSA) is 58.6 Å². The zero-order chi connectivity index (χ0) is 17.4. The van der Waals surface area contributed by atoms with Gasteiger partial charge in [0.05, 0.1) is 29.6 Å². The van der Waals surface area contributed by atoms with Gasteiger partial charge in [-0.2, -0.15) is 0 Å². The molecule has 1 aromatic carbocycles. The number of amides is 2. The average molecular weight is 361 g/mol. The molecule has 0 atom stereocenters. The number of anilines is 1. The molecule has 0 heterocycles. The second kappa shape index (κ2) is 9.75. The second-order valence-corrected chi connectivity index (χ2v) is 6.46. The van der Waals surface area contributed by atoms with E-state index in [4.69, 9.17) is 27.9 Å². The van der Waals surface area contributed by atoms with Crippen molar-refractivity contribution in [2.75, 3.05) is 32.1 Å². The fourth-order valence-corrected chi connectivity index (χ4v) is 2.05. The number of nitrogens with zero attached hydrogens (tertiary/aromatic N) is 1. The third-order valence-electron chi connectivity index (χ3n) is 2.92. The van der Waals surface area contributed by atoms with Gasteiger partial charge in [0, 0.05) is 19.3 Å². The van der Waals surface area contributed by atoms with Gasteiger partial charge in [0.25, 0.3) is 0 Å². The summed E-state index contributed by atoms with van der Waals surface area (Å²) in [5.74, 6) is -0.0137. The predicted molar refractivity (Wildman–Crippen MR) is 93.0 cm³/mol. The molecule has 23 heavy (non-hydrogen) atoms. The molecule has 0 spiro atoms. The van der Waals surface area contributed by atoms with Crippen molar-refractivity contribution < 1.29 is 14.3 Å². The number of ether oxygens (including phenoxy) is 1. The molecule has 0 aliphatic rings. The summed E-state index contributed by atoms with van der Waals surface area (Å²) in [6.07, 6.45) is 0.253. The van der Waals surface area contributed by atoms with Gasteiger partial charge in [0.2, 0.25) is 11.8 Å². The van der Waals surface area contributed by atoms with Gasteiger partial charge in [0.1, 0.15) is 0 Å². The van der Waals surface area contributed by atoms with Gasteiger partial charge in [0.15, 0.2) is 0 Å². The quantitative estimate of drug-likeness (QED) is 0.722. The molecule has 5 nitrogen and oxygen atoms in total. The molecule has 0 unspecified atom stereocenters. The van der Waals surface area contributed by atoms with Crippen molar-refractivity contribution in [3.05, 3.63) is 28.2 Å². The molecule has 1 aromatic rings. The van der Waals surface area contributed by atoms with Crippen molar-refractivity contribution in [3.8, 4) is 0 Å². The van der Waals surface area contributed by atoms with E-state index in [1.165, 1.54) is 4.90 Å². The monoisotopic (exact) mass is 360 g/mol. The maximum absolute atomic E-state index is 11.9. The highest BCUT2D eigenvalue weighted by atomic mass is 35.5. The number of hydrogen-bond donors (Lipinski definition) is 1. The summed E-state index contributed by atoms with van der Waals surface area (Å²) in [7, 11) is 1.58. The number of nitrogens with one attached hydrogen (secondary N) is 1. The van der Waals surface area contributed by atoms with Crippen LogP contribution in [0.15, 0.2) is 18.2 Å². The van der Waals surface area contributed by atoms with Gasteiger partial charge in [-0.3, -0.25) is 9.59 Å². The molecule has 0 aliphatic carbocycles. The zero-order valence-corrected chi connectivity index (χ0v) is 15.1. The van der Waals surface area contributed by atoms with Crippen LogP contribution in [0.1, 0.15) is 20.3 Å². The van der Waals surface area contributed by atoms with E-state index in [1.807, 2.05) is 13.8 Å². The van der Waals surface area contributed by atoms with Crippen molar-refractivity contribution in [3.63, 3.8) is 0 Å². The second-order valence-electron chi connectivity index (χ2n) is 5.65. The molecule has 0 aromatic heterocycles. The summed E-state index contributed by atoms with van der Waals surface area (Å²) in [5, 5.41) is 3.44. The largest absolute Gasteiger partial charge is 0.381 e. The fourth-order valence-electron chi connectivity index (χ4n) is 1.75. The molecule has 0 radical (unpaired) electrons. The summed E-state index contributed by atoms with van der Waals surface area (Å²) in [4.78, 5) is 25.2. The normalized spacial score (nSPS) is 10.7. The van der Waals surface area contributed by atoms with E-state index in [-0.39, 0.29) is 24.8 Å².